The zero-order valence-corrected chi connectivity index (χ0v) is 12.5. The highest BCUT2D eigenvalue weighted by Crippen LogP contribution is 2.23. The van der Waals surface area contributed by atoms with Crippen molar-refractivity contribution in [3.05, 3.63) is 23.6 Å². The molecule has 0 saturated carbocycles. The van der Waals surface area contributed by atoms with E-state index < -0.39 is 0 Å². The fraction of sp³-hybridized carbons (Fsp3) is 0.667. The van der Waals surface area contributed by atoms with Gasteiger partial charge in [0.2, 0.25) is 0 Å². The van der Waals surface area contributed by atoms with Gasteiger partial charge in [-0.25, -0.2) is 9.37 Å². The fourth-order valence-electron chi connectivity index (χ4n) is 2.34. The zero-order valence-electron chi connectivity index (χ0n) is 12.5. The van der Waals surface area contributed by atoms with Crippen LogP contribution < -0.4 is 10.2 Å². The average Bonchev–Trinajstić information content (AvgIpc) is 2.36. The van der Waals surface area contributed by atoms with Gasteiger partial charge in [-0.2, -0.15) is 0 Å². The second-order valence-electron chi connectivity index (χ2n) is 6.45. The van der Waals surface area contributed by atoms with Crippen LogP contribution in [0.2, 0.25) is 0 Å². The number of hydrogen-bond donors (Lipinski definition) is 2. The number of aliphatic hydroxyl groups excluding tert-OH is 1. The molecule has 2 heterocycles. The first-order chi connectivity index (χ1) is 9.37. The summed E-state index contributed by atoms with van der Waals surface area (Å²) in [4.78, 5) is 5.99. The van der Waals surface area contributed by atoms with E-state index in [0.717, 1.165) is 19.4 Å². The van der Waals surface area contributed by atoms with E-state index in [0.29, 0.717) is 24.5 Å². The van der Waals surface area contributed by atoms with Gasteiger partial charge >= 0.3 is 0 Å². The normalized spacial score (nSPS) is 20.2. The SMILES string of the molecule is CC(C)(C)NCc1ccnc(N2CCCC(O)C2)c1F. The maximum Gasteiger partial charge on any atom is 0.170 e. The van der Waals surface area contributed by atoms with Crippen LogP contribution in [0.4, 0.5) is 10.2 Å². The Hall–Kier alpha value is -1.20. The van der Waals surface area contributed by atoms with Crippen molar-refractivity contribution in [3.8, 4) is 0 Å². The molecule has 4 nitrogen and oxygen atoms in total. The Morgan fingerprint density at radius 1 is 1.50 bits per heavy atom. The fourth-order valence-corrected chi connectivity index (χ4v) is 2.34. The molecule has 0 aliphatic carbocycles. The van der Waals surface area contributed by atoms with Gasteiger partial charge in [0.1, 0.15) is 0 Å². The van der Waals surface area contributed by atoms with Crippen LogP contribution in [0, 0.1) is 5.82 Å². The third kappa shape index (κ3) is 3.90. The largest absolute Gasteiger partial charge is 0.391 e. The number of halogens is 1. The molecule has 1 aromatic rings. The molecule has 1 saturated heterocycles. The van der Waals surface area contributed by atoms with E-state index in [-0.39, 0.29) is 17.5 Å². The predicted molar refractivity (Wildman–Crippen MR) is 78.2 cm³/mol. The van der Waals surface area contributed by atoms with Crippen LogP contribution in [0.25, 0.3) is 0 Å². The molecule has 1 unspecified atom stereocenters. The van der Waals surface area contributed by atoms with Gasteiger partial charge in [-0.3, -0.25) is 0 Å². The Labute approximate surface area is 120 Å². The Morgan fingerprint density at radius 2 is 2.25 bits per heavy atom. The minimum Gasteiger partial charge on any atom is -0.391 e. The number of aliphatic hydroxyl groups is 1. The van der Waals surface area contributed by atoms with Gasteiger partial charge in [-0.1, -0.05) is 0 Å². The van der Waals surface area contributed by atoms with E-state index in [1.165, 1.54) is 0 Å². The maximum atomic E-state index is 14.5. The molecular weight excluding hydrogens is 257 g/mol. The highest BCUT2D eigenvalue weighted by Gasteiger charge is 2.23. The Balaban J connectivity index is 2.14. The lowest BCUT2D eigenvalue weighted by Crippen LogP contribution is -2.39. The van der Waals surface area contributed by atoms with Gasteiger partial charge in [-0.15, -0.1) is 0 Å². The molecule has 20 heavy (non-hydrogen) atoms. The lowest BCUT2D eigenvalue weighted by atomic mass is 10.1. The van der Waals surface area contributed by atoms with Gasteiger partial charge in [-0.05, 0) is 39.7 Å². The van der Waals surface area contributed by atoms with Crippen LogP contribution in [-0.4, -0.2) is 34.8 Å². The first kappa shape index (κ1) is 15.2. The summed E-state index contributed by atoms with van der Waals surface area (Å²) in [6, 6.07) is 1.71. The third-order valence-electron chi connectivity index (χ3n) is 3.46. The summed E-state index contributed by atoms with van der Waals surface area (Å²) in [7, 11) is 0. The molecule has 112 valence electrons. The summed E-state index contributed by atoms with van der Waals surface area (Å²) >= 11 is 0. The molecule has 1 atom stereocenters. The smallest absolute Gasteiger partial charge is 0.170 e. The van der Waals surface area contributed by atoms with Gasteiger partial charge in [0.05, 0.1) is 6.10 Å². The molecule has 0 aromatic carbocycles. The zero-order chi connectivity index (χ0) is 14.8. The first-order valence-electron chi connectivity index (χ1n) is 7.18. The quantitative estimate of drug-likeness (QED) is 0.890. The standard InChI is InChI=1S/C15H24FN3O/c1-15(2,3)18-9-11-6-7-17-14(13(11)16)19-8-4-5-12(20)10-19/h6-7,12,18,20H,4-5,8-10H2,1-3H3. The molecule has 1 aromatic heterocycles. The molecule has 0 bridgehead atoms. The highest BCUT2D eigenvalue weighted by atomic mass is 19.1. The van der Waals surface area contributed by atoms with Crippen LogP contribution in [0.1, 0.15) is 39.2 Å². The lowest BCUT2D eigenvalue weighted by Gasteiger charge is -2.31. The van der Waals surface area contributed by atoms with Crippen LogP contribution in [0.5, 0.6) is 0 Å². The van der Waals surface area contributed by atoms with Gasteiger partial charge in [0.25, 0.3) is 0 Å². The number of nitrogens with one attached hydrogen (secondary N) is 1. The van der Waals surface area contributed by atoms with Crippen molar-refractivity contribution < 1.29 is 9.50 Å². The van der Waals surface area contributed by atoms with Crippen LogP contribution >= 0.6 is 0 Å². The van der Waals surface area contributed by atoms with E-state index in [4.69, 9.17) is 0 Å². The topological polar surface area (TPSA) is 48.4 Å². The first-order valence-corrected chi connectivity index (χ1v) is 7.18. The van der Waals surface area contributed by atoms with Crippen molar-refractivity contribution in [2.45, 2.75) is 51.8 Å². The molecule has 0 amide bonds. The molecule has 0 radical (unpaired) electrons. The highest BCUT2D eigenvalue weighted by molar-refractivity contribution is 5.43. The number of nitrogens with zero attached hydrogens (tertiary/aromatic N) is 2. The molecule has 2 rings (SSSR count). The second kappa shape index (κ2) is 6.06. The summed E-state index contributed by atoms with van der Waals surface area (Å²) in [5.41, 5.74) is 0.557. The predicted octanol–water partition coefficient (Wildman–Crippen LogP) is 2.07. The van der Waals surface area contributed by atoms with Crippen LogP contribution in [-0.2, 0) is 6.54 Å². The van der Waals surface area contributed by atoms with E-state index >= 15 is 0 Å². The second-order valence-corrected chi connectivity index (χ2v) is 6.45. The Kier molecular flexibility index (Phi) is 4.60. The van der Waals surface area contributed by atoms with Gasteiger partial charge in [0, 0.05) is 36.9 Å². The number of pyridine rings is 1. The summed E-state index contributed by atoms with van der Waals surface area (Å²) in [5.74, 6) is 0.0790. The summed E-state index contributed by atoms with van der Waals surface area (Å²) < 4.78 is 14.5. The number of rotatable bonds is 3. The van der Waals surface area contributed by atoms with Gasteiger partial charge in [0.15, 0.2) is 11.6 Å². The van der Waals surface area contributed by atoms with Crippen molar-refractivity contribution in [2.75, 3.05) is 18.0 Å². The molecular formula is C15H24FN3O. The monoisotopic (exact) mass is 281 g/mol. The maximum absolute atomic E-state index is 14.5. The molecule has 5 heteroatoms. The van der Waals surface area contributed by atoms with E-state index in [9.17, 15) is 9.50 Å². The van der Waals surface area contributed by atoms with Crippen LogP contribution in [0.3, 0.4) is 0 Å². The molecule has 1 aliphatic heterocycles. The third-order valence-corrected chi connectivity index (χ3v) is 3.46. The minimum atomic E-state index is -0.388. The molecule has 1 fully saturated rings. The van der Waals surface area contributed by atoms with E-state index in [1.807, 2.05) is 25.7 Å². The van der Waals surface area contributed by atoms with Crippen molar-refractivity contribution >= 4 is 5.82 Å². The van der Waals surface area contributed by atoms with Gasteiger partial charge < -0.3 is 15.3 Å². The van der Waals surface area contributed by atoms with Crippen molar-refractivity contribution in [2.24, 2.45) is 0 Å². The average molecular weight is 281 g/mol. The van der Waals surface area contributed by atoms with E-state index in [1.54, 1.807) is 12.3 Å². The summed E-state index contributed by atoms with van der Waals surface area (Å²) in [6.45, 7) is 7.83. The number of β-amino-alcohol motifs (C(OH)–C–C–N with tert-alkyl or cyclic N) is 1. The van der Waals surface area contributed by atoms with Crippen LogP contribution in [0.15, 0.2) is 12.3 Å². The number of anilines is 1. The lowest BCUT2D eigenvalue weighted by molar-refractivity contribution is 0.153. The minimum absolute atomic E-state index is 0.0583. The summed E-state index contributed by atoms with van der Waals surface area (Å²) in [6.07, 6.45) is 2.90. The number of piperidine rings is 1. The molecule has 2 N–H and O–H groups in total. The van der Waals surface area contributed by atoms with Crippen molar-refractivity contribution in [1.29, 1.82) is 0 Å². The van der Waals surface area contributed by atoms with E-state index in [2.05, 4.69) is 10.3 Å². The van der Waals surface area contributed by atoms with Crippen molar-refractivity contribution in [1.82, 2.24) is 10.3 Å². The summed E-state index contributed by atoms with van der Waals surface area (Å²) in [5, 5.41) is 13.0. The molecule has 1 aliphatic rings. The number of hydrogen-bond acceptors (Lipinski definition) is 4. The molecule has 0 spiro atoms. The Bertz CT molecular complexity index is 459. The Morgan fingerprint density at radius 3 is 2.90 bits per heavy atom. The number of aromatic nitrogens is 1. The van der Waals surface area contributed by atoms with Crippen molar-refractivity contribution in [3.63, 3.8) is 0 Å².